The van der Waals surface area contributed by atoms with Crippen LogP contribution in [-0.2, 0) is 4.79 Å². The fraction of sp³-hybridized carbons (Fsp3) is 0.917. The van der Waals surface area contributed by atoms with Gasteiger partial charge in [0.25, 0.3) is 0 Å². The number of carbonyl (C=O) groups is 1. The number of hydrogen-bond donors (Lipinski definition) is 2. The van der Waals surface area contributed by atoms with Gasteiger partial charge < -0.3 is 11.1 Å². The SMILES string of the molecule is CC(N)CCCC(=O)NC(C)CC1CC1. The van der Waals surface area contributed by atoms with Crippen molar-refractivity contribution < 1.29 is 4.79 Å². The molecular weight excluding hydrogens is 188 g/mol. The summed E-state index contributed by atoms with van der Waals surface area (Å²) in [5, 5.41) is 3.05. The van der Waals surface area contributed by atoms with Crippen LogP contribution in [0.1, 0.15) is 52.4 Å². The van der Waals surface area contributed by atoms with Crippen LogP contribution in [0.4, 0.5) is 0 Å². The summed E-state index contributed by atoms with van der Waals surface area (Å²) in [5.41, 5.74) is 5.62. The number of hydrogen-bond acceptors (Lipinski definition) is 2. The van der Waals surface area contributed by atoms with Crippen molar-refractivity contribution in [1.82, 2.24) is 5.32 Å². The van der Waals surface area contributed by atoms with Crippen molar-refractivity contribution in [1.29, 1.82) is 0 Å². The molecule has 3 heteroatoms. The molecule has 0 saturated heterocycles. The zero-order valence-corrected chi connectivity index (χ0v) is 9.96. The lowest BCUT2D eigenvalue weighted by atomic mass is 10.1. The van der Waals surface area contributed by atoms with Gasteiger partial charge in [-0.1, -0.05) is 12.8 Å². The Labute approximate surface area is 92.8 Å². The standard InChI is InChI=1S/C12H24N2O/c1-9(13)4-3-5-12(15)14-10(2)8-11-6-7-11/h9-11H,3-8,13H2,1-2H3,(H,14,15). The van der Waals surface area contributed by atoms with Crippen LogP contribution in [0.2, 0.25) is 0 Å². The van der Waals surface area contributed by atoms with Crippen LogP contribution in [0.15, 0.2) is 0 Å². The monoisotopic (exact) mass is 212 g/mol. The van der Waals surface area contributed by atoms with Crippen LogP contribution in [0, 0.1) is 5.92 Å². The number of nitrogens with two attached hydrogens (primary N) is 1. The van der Waals surface area contributed by atoms with Gasteiger partial charge in [0.15, 0.2) is 0 Å². The normalized spacial score (nSPS) is 19.7. The second-order valence-corrected chi connectivity index (χ2v) is 5.02. The molecule has 88 valence electrons. The zero-order valence-electron chi connectivity index (χ0n) is 9.96. The maximum absolute atomic E-state index is 11.5. The number of carbonyl (C=O) groups excluding carboxylic acids is 1. The lowest BCUT2D eigenvalue weighted by molar-refractivity contribution is -0.121. The van der Waals surface area contributed by atoms with E-state index in [0.717, 1.165) is 25.2 Å². The number of nitrogens with one attached hydrogen (secondary N) is 1. The van der Waals surface area contributed by atoms with E-state index in [1.807, 2.05) is 6.92 Å². The fourth-order valence-electron chi connectivity index (χ4n) is 1.84. The van der Waals surface area contributed by atoms with Gasteiger partial charge in [-0.3, -0.25) is 4.79 Å². The summed E-state index contributed by atoms with van der Waals surface area (Å²) in [4.78, 5) is 11.5. The predicted molar refractivity (Wildman–Crippen MR) is 62.4 cm³/mol. The molecule has 3 nitrogen and oxygen atoms in total. The molecular formula is C12H24N2O. The van der Waals surface area contributed by atoms with Gasteiger partial charge in [-0.05, 0) is 39.0 Å². The summed E-state index contributed by atoms with van der Waals surface area (Å²) in [6.45, 7) is 4.08. The third-order valence-electron chi connectivity index (χ3n) is 2.85. The van der Waals surface area contributed by atoms with E-state index in [1.165, 1.54) is 12.8 Å². The number of rotatable bonds is 7. The molecule has 0 aromatic heterocycles. The molecule has 0 aliphatic heterocycles. The molecule has 0 spiro atoms. The number of amides is 1. The van der Waals surface area contributed by atoms with Crippen LogP contribution >= 0.6 is 0 Å². The highest BCUT2D eigenvalue weighted by Crippen LogP contribution is 2.33. The minimum Gasteiger partial charge on any atom is -0.354 e. The lowest BCUT2D eigenvalue weighted by Crippen LogP contribution is -2.32. The van der Waals surface area contributed by atoms with E-state index in [-0.39, 0.29) is 11.9 Å². The first-order valence-electron chi connectivity index (χ1n) is 6.13. The van der Waals surface area contributed by atoms with E-state index in [4.69, 9.17) is 5.73 Å². The minimum absolute atomic E-state index is 0.184. The van der Waals surface area contributed by atoms with Gasteiger partial charge in [0.05, 0.1) is 0 Å². The van der Waals surface area contributed by atoms with Crippen molar-refractivity contribution in [2.45, 2.75) is 64.5 Å². The summed E-state index contributed by atoms with van der Waals surface area (Å²) in [5.74, 6) is 1.06. The molecule has 1 saturated carbocycles. The second kappa shape index (κ2) is 6.11. The molecule has 2 unspecified atom stereocenters. The molecule has 1 fully saturated rings. The Morgan fingerprint density at radius 2 is 2.13 bits per heavy atom. The summed E-state index contributed by atoms with van der Waals surface area (Å²) in [6, 6.07) is 0.557. The third-order valence-corrected chi connectivity index (χ3v) is 2.85. The Balaban J connectivity index is 2.00. The Morgan fingerprint density at radius 1 is 1.47 bits per heavy atom. The smallest absolute Gasteiger partial charge is 0.220 e. The largest absolute Gasteiger partial charge is 0.354 e. The van der Waals surface area contributed by atoms with Crippen molar-refractivity contribution in [3.63, 3.8) is 0 Å². The molecule has 1 amide bonds. The van der Waals surface area contributed by atoms with Crippen molar-refractivity contribution in [3.05, 3.63) is 0 Å². The van der Waals surface area contributed by atoms with Crippen molar-refractivity contribution in [2.75, 3.05) is 0 Å². The summed E-state index contributed by atoms with van der Waals surface area (Å²) in [6.07, 6.45) is 6.31. The molecule has 0 bridgehead atoms. The fourth-order valence-corrected chi connectivity index (χ4v) is 1.84. The maximum Gasteiger partial charge on any atom is 0.220 e. The zero-order chi connectivity index (χ0) is 11.3. The molecule has 3 N–H and O–H groups in total. The van der Waals surface area contributed by atoms with Crippen LogP contribution in [0.3, 0.4) is 0 Å². The molecule has 15 heavy (non-hydrogen) atoms. The highest BCUT2D eigenvalue weighted by molar-refractivity contribution is 5.76. The summed E-state index contributed by atoms with van der Waals surface area (Å²) < 4.78 is 0. The van der Waals surface area contributed by atoms with Crippen molar-refractivity contribution in [3.8, 4) is 0 Å². The van der Waals surface area contributed by atoms with Crippen molar-refractivity contribution >= 4 is 5.91 Å². The van der Waals surface area contributed by atoms with Gasteiger partial charge in [-0.2, -0.15) is 0 Å². The molecule has 0 aromatic rings. The second-order valence-electron chi connectivity index (χ2n) is 5.02. The molecule has 1 aliphatic carbocycles. The topological polar surface area (TPSA) is 55.1 Å². The first-order chi connectivity index (χ1) is 7.08. The van der Waals surface area contributed by atoms with Gasteiger partial charge in [0, 0.05) is 18.5 Å². The van der Waals surface area contributed by atoms with E-state index < -0.39 is 0 Å². The van der Waals surface area contributed by atoms with Gasteiger partial charge in [0.1, 0.15) is 0 Å². The van der Waals surface area contributed by atoms with E-state index in [1.54, 1.807) is 0 Å². The van der Waals surface area contributed by atoms with E-state index in [9.17, 15) is 4.79 Å². The average molecular weight is 212 g/mol. The first-order valence-corrected chi connectivity index (χ1v) is 6.13. The first kappa shape index (κ1) is 12.5. The van der Waals surface area contributed by atoms with Crippen LogP contribution in [0.5, 0.6) is 0 Å². The quantitative estimate of drug-likeness (QED) is 0.676. The lowest BCUT2D eigenvalue weighted by Gasteiger charge is -2.13. The maximum atomic E-state index is 11.5. The predicted octanol–water partition coefficient (Wildman–Crippen LogP) is 1.81. The van der Waals surface area contributed by atoms with Crippen LogP contribution in [0.25, 0.3) is 0 Å². The van der Waals surface area contributed by atoms with Crippen LogP contribution in [-0.4, -0.2) is 18.0 Å². The van der Waals surface area contributed by atoms with Gasteiger partial charge >= 0.3 is 0 Å². The molecule has 1 rings (SSSR count). The Bertz CT molecular complexity index is 200. The minimum atomic E-state index is 0.184. The van der Waals surface area contributed by atoms with Crippen molar-refractivity contribution in [2.24, 2.45) is 11.7 Å². The van der Waals surface area contributed by atoms with Gasteiger partial charge in [0.2, 0.25) is 5.91 Å². The average Bonchev–Trinajstić information content (AvgIpc) is 2.86. The van der Waals surface area contributed by atoms with E-state index in [2.05, 4.69) is 12.2 Å². The van der Waals surface area contributed by atoms with E-state index in [0.29, 0.717) is 12.5 Å². The summed E-state index contributed by atoms with van der Waals surface area (Å²) in [7, 11) is 0. The highest BCUT2D eigenvalue weighted by atomic mass is 16.1. The summed E-state index contributed by atoms with van der Waals surface area (Å²) >= 11 is 0. The Morgan fingerprint density at radius 3 is 2.67 bits per heavy atom. The Hall–Kier alpha value is -0.570. The van der Waals surface area contributed by atoms with Gasteiger partial charge in [-0.25, -0.2) is 0 Å². The van der Waals surface area contributed by atoms with Crippen LogP contribution < -0.4 is 11.1 Å². The van der Waals surface area contributed by atoms with Gasteiger partial charge in [-0.15, -0.1) is 0 Å². The third kappa shape index (κ3) is 6.50. The molecule has 1 aliphatic rings. The van der Waals surface area contributed by atoms with E-state index >= 15 is 0 Å². The highest BCUT2D eigenvalue weighted by Gasteiger charge is 2.23. The molecule has 0 heterocycles. The Kier molecular flexibility index (Phi) is 5.09. The molecule has 2 atom stereocenters. The molecule has 0 radical (unpaired) electrons. The molecule has 0 aromatic carbocycles.